The van der Waals surface area contributed by atoms with Gasteiger partial charge in [0.25, 0.3) is 0 Å². The van der Waals surface area contributed by atoms with Crippen LogP contribution in [0.3, 0.4) is 0 Å². The first-order chi connectivity index (χ1) is 7.19. The van der Waals surface area contributed by atoms with E-state index in [0.717, 1.165) is 10.0 Å². The van der Waals surface area contributed by atoms with Gasteiger partial charge in [0.2, 0.25) is 0 Å². The zero-order chi connectivity index (χ0) is 11.3. The van der Waals surface area contributed by atoms with Gasteiger partial charge in [-0.3, -0.25) is 4.79 Å². The highest BCUT2D eigenvalue weighted by molar-refractivity contribution is 9.10. The van der Waals surface area contributed by atoms with E-state index in [1.54, 1.807) is 14.0 Å². The van der Waals surface area contributed by atoms with E-state index in [2.05, 4.69) is 15.9 Å². The summed E-state index contributed by atoms with van der Waals surface area (Å²) in [7, 11) is 1.58. The molecule has 0 bridgehead atoms. The highest BCUT2D eigenvalue weighted by atomic mass is 79.9. The van der Waals surface area contributed by atoms with Crippen molar-refractivity contribution in [3.63, 3.8) is 0 Å². The maximum Gasteiger partial charge on any atom is 0.310 e. The molecule has 0 fully saturated rings. The van der Waals surface area contributed by atoms with Gasteiger partial charge in [-0.25, -0.2) is 0 Å². The van der Waals surface area contributed by atoms with E-state index < -0.39 is 0 Å². The maximum absolute atomic E-state index is 11.3. The molecule has 1 aromatic carbocycles. The number of halogens is 1. The molecular weight excluding hydrogens is 260 g/mol. The van der Waals surface area contributed by atoms with E-state index in [9.17, 15) is 4.79 Å². The minimum absolute atomic E-state index is 0.233. The van der Waals surface area contributed by atoms with Crippen LogP contribution in [0.5, 0.6) is 5.75 Å². The van der Waals surface area contributed by atoms with Gasteiger partial charge in [-0.2, -0.15) is 0 Å². The molecule has 0 heterocycles. The van der Waals surface area contributed by atoms with Gasteiger partial charge in [0.15, 0.2) is 0 Å². The quantitative estimate of drug-likeness (QED) is 0.791. The van der Waals surface area contributed by atoms with Crippen molar-refractivity contribution in [1.82, 2.24) is 0 Å². The van der Waals surface area contributed by atoms with Gasteiger partial charge in [-0.15, -0.1) is 0 Å². The lowest BCUT2D eigenvalue weighted by Crippen LogP contribution is -2.08. The Balaban J connectivity index is 2.84. The molecule has 0 unspecified atom stereocenters. The molecule has 0 aliphatic heterocycles. The molecule has 0 aromatic heterocycles. The second kappa shape index (κ2) is 5.75. The predicted octanol–water partition coefficient (Wildman–Crippen LogP) is 2.56. The van der Waals surface area contributed by atoms with Gasteiger partial charge in [0.05, 0.1) is 24.6 Å². The summed E-state index contributed by atoms with van der Waals surface area (Å²) in [5.41, 5.74) is 0.824. The Morgan fingerprint density at radius 1 is 1.47 bits per heavy atom. The third kappa shape index (κ3) is 3.23. The number of esters is 1. The molecule has 3 nitrogen and oxygen atoms in total. The monoisotopic (exact) mass is 272 g/mol. The lowest BCUT2D eigenvalue weighted by atomic mass is 10.1. The average molecular weight is 273 g/mol. The Bertz CT molecular complexity index is 350. The molecule has 0 aliphatic rings. The van der Waals surface area contributed by atoms with Gasteiger partial charge in [0, 0.05) is 5.56 Å². The van der Waals surface area contributed by atoms with Crippen molar-refractivity contribution in [2.75, 3.05) is 13.7 Å². The van der Waals surface area contributed by atoms with Crippen molar-refractivity contribution >= 4 is 21.9 Å². The lowest BCUT2D eigenvalue weighted by molar-refractivity contribution is -0.142. The van der Waals surface area contributed by atoms with Crippen LogP contribution in [0, 0.1) is 0 Å². The largest absolute Gasteiger partial charge is 0.495 e. The zero-order valence-corrected chi connectivity index (χ0v) is 10.3. The van der Waals surface area contributed by atoms with Crippen LogP contribution in [0.4, 0.5) is 0 Å². The van der Waals surface area contributed by atoms with E-state index >= 15 is 0 Å². The van der Waals surface area contributed by atoms with Gasteiger partial charge < -0.3 is 9.47 Å². The molecule has 1 aromatic rings. The second-order valence-corrected chi connectivity index (χ2v) is 3.77. The van der Waals surface area contributed by atoms with Crippen LogP contribution < -0.4 is 4.74 Å². The van der Waals surface area contributed by atoms with E-state index in [-0.39, 0.29) is 12.4 Å². The Morgan fingerprint density at radius 2 is 2.20 bits per heavy atom. The number of hydrogen-bond acceptors (Lipinski definition) is 3. The second-order valence-electron chi connectivity index (χ2n) is 2.91. The average Bonchev–Trinajstić information content (AvgIpc) is 2.18. The molecule has 0 N–H and O–H groups in total. The van der Waals surface area contributed by atoms with Crippen molar-refractivity contribution in [3.05, 3.63) is 28.2 Å². The fourth-order valence-electron chi connectivity index (χ4n) is 1.29. The first kappa shape index (κ1) is 12.0. The fraction of sp³-hybridized carbons (Fsp3) is 0.364. The number of carbonyl (C=O) groups is 1. The van der Waals surface area contributed by atoms with Gasteiger partial charge in [-0.05, 0) is 28.9 Å². The highest BCUT2D eigenvalue weighted by Gasteiger charge is 2.11. The Hall–Kier alpha value is -1.03. The molecule has 82 valence electrons. The van der Waals surface area contributed by atoms with Crippen molar-refractivity contribution < 1.29 is 14.3 Å². The van der Waals surface area contributed by atoms with E-state index in [1.165, 1.54) is 0 Å². The topological polar surface area (TPSA) is 35.5 Å². The minimum Gasteiger partial charge on any atom is -0.495 e. The Morgan fingerprint density at radius 3 is 2.80 bits per heavy atom. The lowest BCUT2D eigenvalue weighted by Gasteiger charge is -2.09. The summed E-state index contributed by atoms with van der Waals surface area (Å²) in [5, 5.41) is 0. The van der Waals surface area contributed by atoms with Crippen molar-refractivity contribution in [2.24, 2.45) is 0 Å². The third-order valence-corrected chi connectivity index (χ3v) is 2.52. The molecule has 0 amide bonds. The highest BCUT2D eigenvalue weighted by Crippen LogP contribution is 2.29. The van der Waals surface area contributed by atoms with Crippen molar-refractivity contribution in [1.29, 1.82) is 0 Å². The first-order valence-corrected chi connectivity index (χ1v) is 5.45. The summed E-state index contributed by atoms with van der Waals surface area (Å²) < 4.78 is 10.9. The number of carbonyl (C=O) groups excluding carboxylic acids is 1. The van der Waals surface area contributed by atoms with Crippen LogP contribution in [-0.4, -0.2) is 19.7 Å². The van der Waals surface area contributed by atoms with E-state index in [4.69, 9.17) is 9.47 Å². The van der Waals surface area contributed by atoms with Crippen molar-refractivity contribution in [3.8, 4) is 5.75 Å². The normalized spacial score (nSPS) is 9.80. The smallest absolute Gasteiger partial charge is 0.310 e. The van der Waals surface area contributed by atoms with Gasteiger partial charge in [0.1, 0.15) is 5.75 Å². The molecular formula is C11H13BrO3. The van der Waals surface area contributed by atoms with Crippen LogP contribution in [0.15, 0.2) is 22.7 Å². The summed E-state index contributed by atoms with van der Waals surface area (Å²) in [4.78, 5) is 11.3. The third-order valence-electron chi connectivity index (χ3n) is 1.89. The summed E-state index contributed by atoms with van der Waals surface area (Å²) in [5.74, 6) is 0.444. The number of rotatable bonds is 4. The molecule has 0 saturated heterocycles. The Kier molecular flexibility index (Phi) is 4.62. The summed E-state index contributed by atoms with van der Waals surface area (Å²) in [6.07, 6.45) is 0.233. The van der Waals surface area contributed by atoms with Crippen molar-refractivity contribution in [2.45, 2.75) is 13.3 Å². The van der Waals surface area contributed by atoms with Crippen LogP contribution >= 0.6 is 15.9 Å². The molecule has 0 radical (unpaired) electrons. The summed E-state index contributed by atoms with van der Waals surface area (Å²) >= 11 is 3.36. The summed E-state index contributed by atoms with van der Waals surface area (Å²) in [6, 6.07) is 5.58. The number of hydrogen-bond donors (Lipinski definition) is 0. The number of methoxy groups -OCH3 is 1. The molecule has 4 heteroatoms. The molecule has 0 saturated carbocycles. The first-order valence-electron chi connectivity index (χ1n) is 4.66. The van der Waals surface area contributed by atoms with E-state index in [0.29, 0.717) is 12.4 Å². The standard InChI is InChI=1S/C11H13BrO3/c1-3-15-10(13)7-8-5-4-6-9(12)11(8)14-2/h4-6H,3,7H2,1-2H3. The zero-order valence-electron chi connectivity index (χ0n) is 8.75. The fourth-order valence-corrected chi connectivity index (χ4v) is 1.86. The Labute approximate surface area is 97.5 Å². The van der Waals surface area contributed by atoms with Crippen LogP contribution in [0.25, 0.3) is 0 Å². The number of benzene rings is 1. The molecule has 0 spiro atoms. The number of ether oxygens (including phenoxy) is 2. The summed E-state index contributed by atoms with van der Waals surface area (Å²) in [6.45, 7) is 2.19. The van der Waals surface area contributed by atoms with Gasteiger partial charge in [-0.1, -0.05) is 12.1 Å². The number of para-hydroxylation sites is 1. The molecule has 0 atom stereocenters. The van der Waals surface area contributed by atoms with Crippen LogP contribution in [0.1, 0.15) is 12.5 Å². The maximum atomic E-state index is 11.3. The van der Waals surface area contributed by atoms with Gasteiger partial charge >= 0.3 is 5.97 Å². The van der Waals surface area contributed by atoms with Crippen LogP contribution in [0.2, 0.25) is 0 Å². The van der Waals surface area contributed by atoms with E-state index in [1.807, 2.05) is 18.2 Å². The van der Waals surface area contributed by atoms with Crippen LogP contribution in [-0.2, 0) is 16.0 Å². The predicted molar refractivity (Wildman–Crippen MR) is 61.0 cm³/mol. The molecule has 1 rings (SSSR count). The minimum atomic E-state index is -0.242. The molecule has 0 aliphatic carbocycles. The molecule has 15 heavy (non-hydrogen) atoms. The SMILES string of the molecule is CCOC(=O)Cc1cccc(Br)c1OC.